The Balaban J connectivity index is 1.87. The van der Waals surface area contributed by atoms with Crippen molar-refractivity contribution in [3.05, 3.63) is 30.1 Å². The van der Waals surface area contributed by atoms with Crippen molar-refractivity contribution >= 4 is 29.8 Å². The van der Waals surface area contributed by atoms with E-state index in [1.54, 1.807) is 12.4 Å². The van der Waals surface area contributed by atoms with E-state index >= 15 is 0 Å². The summed E-state index contributed by atoms with van der Waals surface area (Å²) in [6.45, 7) is 8.13. The van der Waals surface area contributed by atoms with E-state index in [1.807, 2.05) is 45.8 Å². The van der Waals surface area contributed by atoms with E-state index in [0.717, 1.165) is 22.3 Å². The van der Waals surface area contributed by atoms with Gasteiger partial charge in [-0.1, -0.05) is 5.98 Å². The number of nitrogens with two attached hydrogens (primary N) is 1. The number of aromatic amines is 1. The zero-order chi connectivity index (χ0) is 15.3. The Hall–Kier alpha value is -1.79. The minimum Gasteiger partial charge on any atom is -0.400 e. The van der Waals surface area contributed by atoms with Gasteiger partial charge in [0.15, 0.2) is 0 Å². The molecule has 1 aliphatic heterocycles. The molecule has 2 aromatic rings. The van der Waals surface area contributed by atoms with Crippen LogP contribution in [0.4, 0.5) is 5.69 Å². The maximum Gasteiger partial charge on any atom is 0.487 e. The van der Waals surface area contributed by atoms with Gasteiger partial charge in [0.05, 0.1) is 28.1 Å². The fourth-order valence-electron chi connectivity index (χ4n) is 2.36. The molecule has 0 spiro atoms. The van der Waals surface area contributed by atoms with Crippen molar-refractivity contribution in [3.8, 4) is 0 Å². The van der Waals surface area contributed by atoms with Crippen LogP contribution < -0.4 is 5.73 Å². The number of rotatable bonds is 2. The molecule has 110 valence electrons. The number of hydrogen-bond acceptors (Lipinski definition) is 4. The third kappa shape index (κ3) is 2.34. The molecule has 1 aliphatic rings. The molecule has 3 heterocycles. The van der Waals surface area contributed by atoms with Crippen LogP contribution in [0.25, 0.3) is 17.0 Å². The first-order valence-electron chi connectivity index (χ1n) is 7.05. The molecule has 1 saturated heterocycles. The van der Waals surface area contributed by atoms with Gasteiger partial charge >= 0.3 is 7.12 Å². The van der Waals surface area contributed by atoms with Crippen LogP contribution in [0, 0.1) is 0 Å². The van der Waals surface area contributed by atoms with Gasteiger partial charge in [0, 0.05) is 17.8 Å². The van der Waals surface area contributed by atoms with Crippen LogP contribution in [0.5, 0.6) is 0 Å². The second-order valence-corrected chi connectivity index (χ2v) is 6.35. The van der Waals surface area contributed by atoms with Gasteiger partial charge in [-0.3, -0.25) is 4.98 Å². The highest BCUT2D eigenvalue weighted by atomic mass is 16.7. The average molecular weight is 285 g/mol. The Morgan fingerprint density at radius 2 is 1.90 bits per heavy atom. The van der Waals surface area contributed by atoms with Gasteiger partial charge in [-0.2, -0.15) is 0 Å². The highest BCUT2D eigenvalue weighted by Gasteiger charge is 2.50. The molecule has 0 aliphatic carbocycles. The lowest BCUT2D eigenvalue weighted by molar-refractivity contribution is 0.00578. The van der Waals surface area contributed by atoms with Crippen molar-refractivity contribution in [1.82, 2.24) is 9.97 Å². The van der Waals surface area contributed by atoms with Crippen molar-refractivity contribution in [1.29, 1.82) is 0 Å². The summed E-state index contributed by atoms with van der Waals surface area (Å²) in [5, 5.41) is 0.971. The summed E-state index contributed by atoms with van der Waals surface area (Å²) >= 11 is 0. The zero-order valence-corrected chi connectivity index (χ0v) is 12.8. The molecule has 3 rings (SSSR count). The Morgan fingerprint density at radius 3 is 2.57 bits per heavy atom. The molecule has 0 atom stereocenters. The second kappa shape index (κ2) is 4.61. The van der Waals surface area contributed by atoms with Crippen molar-refractivity contribution in [2.75, 3.05) is 5.73 Å². The van der Waals surface area contributed by atoms with Gasteiger partial charge in [0.1, 0.15) is 0 Å². The summed E-state index contributed by atoms with van der Waals surface area (Å²) in [6, 6.07) is 1.90. The predicted octanol–water partition coefficient (Wildman–Crippen LogP) is 2.79. The highest BCUT2D eigenvalue weighted by Crippen LogP contribution is 2.37. The summed E-state index contributed by atoms with van der Waals surface area (Å²) in [6.07, 6.45) is 5.43. The third-order valence-corrected chi connectivity index (χ3v) is 4.35. The summed E-state index contributed by atoms with van der Waals surface area (Å²) in [5.74, 6) is 1.88. The molecule has 2 aromatic heterocycles. The van der Waals surface area contributed by atoms with Crippen molar-refractivity contribution in [3.63, 3.8) is 0 Å². The lowest BCUT2D eigenvalue weighted by Crippen LogP contribution is -2.41. The molecule has 0 amide bonds. The SMILES string of the molecule is CC1(C)OB(/C=C/c2nccc3c(N)c[nH]c23)OC1(C)C. The van der Waals surface area contributed by atoms with Crippen LogP contribution in [-0.4, -0.2) is 28.3 Å². The van der Waals surface area contributed by atoms with Gasteiger partial charge < -0.3 is 20.0 Å². The Morgan fingerprint density at radius 1 is 1.24 bits per heavy atom. The van der Waals surface area contributed by atoms with E-state index in [0.29, 0.717) is 0 Å². The summed E-state index contributed by atoms with van der Waals surface area (Å²) in [7, 11) is -0.376. The molecule has 0 unspecified atom stereocenters. The summed E-state index contributed by atoms with van der Waals surface area (Å²) in [4.78, 5) is 7.51. The van der Waals surface area contributed by atoms with E-state index in [2.05, 4.69) is 9.97 Å². The van der Waals surface area contributed by atoms with Crippen molar-refractivity contribution < 1.29 is 9.31 Å². The maximum atomic E-state index is 5.93. The molecule has 0 bridgehead atoms. The first-order valence-corrected chi connectivity index (χ1v) is 7.05. The van der Waals surface area contributed by atoms with E-state index in [4.69, 9.17) is 15.0 Å². The first kappa shape index (κ1) is 14.2. The number of nitrogens with zero attached hydrogens (tertiary/aromatic N) is 1. The molecule has 3 N–H and O–H groups in total. The number of nitrogen functional groups attached to an aromatic ring is 1. The lowest BCUT2D eigenvalue weighted by atomic mass is 9.89. The fraction of sp³-hybridized carbons (Fsp3) is 0.400. The van der Waals surface area contributed by atoms with E-state index in [1.165, 1.54) is 0 Å². The molecular weight excluding hydrogens is 265 g/mol. The van der Waals surface area contributed by atoms with Gasteiger partial charge in [-0.05, 0) is 39.8 Å². The molecular formula is C15H20BN3O2. The third-order valence-electron chi connectivity index (χ3n) is 4.35. The van der Waals surface area contributed by atoms with Crippen LogP contribution in [0.2, 0.25) is 0 Å². The van der Waals surface area contributed by atoms with Crippen LogP contribution in [0.1, 0.15) is 33.4 Å². The monoisotopic (exact) mass is 285 g/mol. The number of H-pyrrole nitrogens is 1. The minimum atomic E-state index is -0.376. The van der Waals surface area contributed by atoms with E-state index in [-0.39, 0.29) is 18.3 Å². The first-order chi connectivity index (χ1) is 9.80. The van der Waals surface area contributed by atoms with Gasteiger partial charge in [0.2, 0.25) is 0 Å². The molecule has 0 saturated carbocycles. The number of aromatic nitrogens is 2. The highest BCUT2D eigenvalue weighted by molar-refractivity contribution is 6.52. The fourth-order valence-corrected chi connectivity index (χ4v) is 2.36. The van der Waals surface area contributed by atoms with Crippen LogP contribution in [0.15, 0.2) is 24.4 Å². The smallest absolute Gasteiger partial charge is 0.400 e. The standard InChI is InChI=1S/C15H20BN3O2/c1-14(2)15(3,4)21-16(20-14)7-5-12-13-10(6-8-18-12)11(17)9-19-13/h5-9,19H,17H2,1-4H3/b7-5+. The van der Waals surface area contributed by atoms with Gasteiger partial charge in [0.25, 0.3) is 0 Å². The Bertz CT molecular complexity index is 690. The van der Waals surface area contributed by atoms with Crippen molar-refractivity contribution in [2.24, 2.45) is 0 Å². The second-order valence-electron chi connectivity index (χ2n) is 6.35. The van der Waals surface area contributed by atoms with E-state index in [9.17, 15) is 0 Å². The largest absolute Gasteiger partial charge is 0.487 e. The average Bonchev–Trinajstić information content (AvgIpc) is 2.86. The molecule has 6 heteroatoms. The van der Waals surface area contributed by atoms with Gasteiger partial charge in [-0.25, -0.2) is 0 Å². The number of anilines is 1. The Kier molecular flexibility index (Phi) is 3.11. The number of nitrogens with one attached hydrogen (secondary N) is 1. The normalized spacial score (nSPS) is 20.7. The molecule has 0 aromatic carbocycles. The molecule has 1 fully saturated rings. The quantitative estimate of drug-likeness (QED) is 0.832. The lowest BCUT2D eigenvalue weighted by Gasteiger charge is -2.32. The maximum absolute atomic E-state index is 5.93. The van der Waals surface area contributed by atoms with Gasteiger partial charge in [-0.15, -0.1) is 0 Å². The van der Waals surface area contributed by atoms with Crippen LogP contribution >= 0.6 is 0 Å². The van der Waals surface area contributed by atoms with Crippen molar-refractivity contribution in [2.45, 2.75) is 38.9 Å². The van der Waals surface area contributed by atoms with E-state index < -0.39 is 0 Å². The zero-order valence-electron chi connectivity index (χ0n) is 12.8. The Labute approximate surface area is 124 Å². The van der Waals surface area contributed by atoms with Crippen LogP contribution in [-0.2, 0) is 9.31 Å². The molecule has 0 radical (unpaired) electrons. The molecule has 21 heavy (non-hydrogen) atoms. The topological polar surface area (TPSA) is 73.2 Å². The number of pyridine rings is 1. The predicted molar refractivity (Wildman–Crippen MR) is 85.6 cm³/mol. The minimum absolute atomic E-state index is 0.335. The van der Waals surface area contributed by atoms with Crippen LogP contribution in [0.3, 0.4) is 0 Å². The number of hydrogen-bond donors (Lipinski definition) is 2. The number of fused-ring (bicyclic) bond motifs is 1. The summed E-state index contributed by atoms with van der Waals surface area (Å²) in [5.41, 5.74) is 7.69. The molecule has 5 nitrogen and oxygen atoms in total. The summed E-state index contributed by atoms with van der Waals surface area (Å²) < 4.78 is 11.9.